The summed E-state index contributed by atoms with van der Waals surface area (Å²) in [5.74, 6) is 1.53. The maximum atomic E-state index is 6.20. The molecule has 0 aliphatic carbocycles. The van der Waals surface area contributed by atoms with E-state index in [4.69, 9.17) is 21.1 Å². The molecule has 2 aromatic carbocycles. The van der Waals surface area contributed by atoms with Crippen LogP contribution >= 0.6 is 11.6 Å². The minimum absolute atomic E-state index is 0.425. The van der Waals surface area contributed by atoms with Crippen molar-refractivity contribution >= 4 is 11.6 Å². The Hall–Kier alpha value is -1.71. The highest BCUT2D eigenvalue weighted by Gasteiger charge is 2.08. The molecule has 1 N–H and O–H groups in total. The molecule has 4 heteroatoms. The molecule has 142 valence electrons. The van der Waals surface area contributed by atoms with E-state index in [-0.39, 0.29) is 0 Å². The predicted octanol–water partition coefficient (Wildman–Crippen LogP) is 5.99. The Balaban J connectivity index is 1.91. The lowest BCUT2D eigenvalue weighted by molar-refractivity contribution is 0.269. The van der Waals surface area contributed by atoms with E-state index >= 15 is 0 Å². The second-order valence-corrected chi connectivity index (χ2v) is 6.74. The molecule has 0 atom stereocenters. The van der Waals surface area contributed by atoms with Crippen molar-refractivity contribution in [3.05, 3.63) is 58.6 Å². The van der Waals surface area contributed by atoms with E-state index in [9.17, 15) is 0 Å². The van der Waals surface area contributed by atoms with E-state index in [0.29, 0.717) is 18.2 Å². The summed E-state index contributed by atoms with van der Waals surface area (Å²) in [6.07, 6.45) is 5.11. The van der Waals surface area contributed by atoms with Gasteiger partial charge < -0.3 is 14.8 Å². The highest BCUT2D eigenvalue weighted by atomic mass is 35.5. The summed E-state index contributed by atoms with van der Waals surface area (Å²) in [7, 11) is 0. The summed E-state index contributed by atoms with van der Waals surface area (Å²) >= 11 is 6.20. The topological polar surface area (TPSA) is 30.5 Å². The van der Waals surface area contributed by atoms with Crippen LogP contribution in [-0.2, 0) is 13.2 Å². The molecule has 0 heterocycles. The van der Waals surface area contributed by atoms with Gasteiger partial charge in [-0.2, -0.15) is 0 Å². The average molecular weight is 376 g/mol. The highest BCUT2D eigenvalue weighted by Crippen LogP contribution is 2.30. The molecule has 0 aliphatic rings. The minimum atomic E-state index is 0.425. The van der Waals surface area contributed by atoms with Gasteiger partial charge in [-0.3, -0.25) is 0 Å². The Morgan fingerprint density at radius 1 is 0.923 bits per heavy atom. The zero-order valence-corrected chi connectivity index (χ0v) is 16.6. The molecule has 0 aromatic heterocycles. The lowest BCUT2D eigenvalue weighted by Crippen LogP contribution is -2.14. The van der Waals surface area contributed by atoms with Crippen molar-refractivity contribution in [2.45, 2.75) is 52.7 Å². The van der Waals surface area contributed by atoms with Gasteiger partial charge in [0.2, 0.25) is 0 Å². The first-order valence-electron chi connectivity index (χ1n) is 9.57. The molecule has 0 radical (unpaired) electrons. The maximum Gasteiger partial charge on any atom is 0.161 e. The van der Waals surface area contributed by atoms with Crippen LogP contribution in [0.1, 0.15) is 50.7 Å². The number of hydrogen-bond acceptors (Lipinski definition) is 3. The number of halogens is 1. The fourth-order valence-electron chi connectivity index (χ4n) is 2.73. The van der Waals surface area contributed by atoms with Gasteiger partial charge in [-0.05, 0) is 43.7 Å². The van der Waals surface area contributed by atoms with Crippen molar-refractivity contribution in [2.75, 3.05) is 13.2 Å². The monoisotopic (exact) mass is 375 g/mol. The van der Waals surface area contributed by atoms with Crippen molar-refractivity contribution in [3.63, 3.8) is 0 Å². The minimum Gasteiger partial charge on any atom is -0.490 e. The van der Waals surface area contributed by atoms with Crippen LogP contribution in [0.25, 0.3) is 0 Å². The molecule has 0 saturated carbocycles. The quantitative estimate of drug-likeness (QED) is 0.462. The molecule has 0 saturated heterocycles. The van der Waals surface area contributed by atoms with Crippen molar-refractivity contribution in [3.8, 4) is 11.5 Å². The number of ether oxygens (including phenoxy) is 2. The van der Waals surface area contributed by atoms with Gasteiger partial charge in [0.05, 0.1) is 6.61 Å². The third kappa shape index (κ3) is 6.89. The first-order chi connectivity index (χ1) is 12.7. The predicted molar refractivity (Wildman–Crippen MR) is 109 cm³/mol. The van der Waals surface area contributed by atoms with E-state index in [1.807, 2.05) is 37.3 Å². The Labute approximate surface area is 162 Å². The zero-order chi connectivity index (χ0) is 18.6. The number of benzene rings is 2. The van der Waals surface area contributed by atoms with Crippen LogP contribution < -0.4 is 14.8 Å². The first-order valence-corrected chi connectivity index (χ1v) is 9.95. The van der Waals surface area contributed by atoms with Gasteiger partial charge in [-0.25, -0.2) is 0 Å². The van der Waals surface area contributed by atoms with E-state index in [2.05, 4.69) is 24.4 Å². The molecule has 3 nitrogen and oxygen atoms in total. The third-order valence-corrected chi connectivity index (χ3v) is 4.55. The van der Waals surface area contributed by atoms with Crippen LogP contribution in [-0.4, -0.2) is 13.2 Å². The van der Waals surface area contributed by atoms with Gasteiger partial charge >= 0.3 is 0 Å². The van der Waals surface area contributed by atoms with Crippen LogP contribution in [0.5, 0.6) is 11.5 Å². The SMILES string of the molecule is CCCCCCNCc1ccc(OCc2ccccc2Cl)c(OCC)c1. The van der Waals surface area contributed by atoms with Crippen molar-refractivity contribution < 1.29 is 9.47 Å². The largest absolute Gasteiger partial charge is 0.490 e. The van der Waals surface area contributed by atoms with E-state index < -0.39 is 0 Å². The highest BCUT2D eigenvalue weighted by molar-refractivity contribution is 6.31. The van der Waals surface area contributed by atoms with E-state index in [0.717, 1.165) is 30.2 Å². The molecule has 26 heavy (non-hydrogen) atoms. The van der Waals surface area contributed by atoms with Crippen LogP contribution in [0, 0.1) is 0 Å². The van der Waals surface area contributed by atoms with Crippen LogP contribution in [0.15, 0.2) is 42.5 Å². The van der Waals surface area contributed by atoms with Crippen LogP contribution in [0.3, 0.4) is 0 Å². The van der Waals surface area contributed by atoms with Crippen molar-refractivity contribution in [2.24, 2.45) is 0 Å². The molecule has 2 rings (SSSR count). The van der Waals surface area contributed by atoms with E-state index in [1.54, 1.807) is 0 Å². The standard InChI is InChI=1S/C22H30ClNO2/c1-3-5-6-9-14-24-16-18-12-13-21(22(15-18)25-4-2)26-17-19-10-7-8-11-20(19)23/h7-8,10-13,15,24H,3-6,9,14,16-17H2,1-2H3. The molecule has 0 spiro atoms. The summed E-state index contributed by atoms with van der Waals surface area (Å²) in [4.78, 5) is 0. The lowest BCUT2D eigenvalue weighted by atomic mass is 10.2. The number of rotatable bonds is 12. The number of unbranched alkanes of at least 4 members (excludes halogenated alkanes) is 3. The second kappa shape index (κ2) is 11.8. The zero-order valence-electron chi connectivity index (χ0n) is 15.9. The number of nitrogens with one attached hydrogen (secondary N) is 1. The molecule has 0 aliphatic heterocycles. The fourth-order valence-corrected chi connectivity index (χ4v) is 2.92. The average Bonchev–Trinajstić information content (AvgIpc) is 2.65. The molecule has 2 aromatic rings. The summed E-state index contributed by atoms with van der Waals surface area (Å²) < 4.78 is 11.7. The Morgan fingerprint density at radius 3 is 2.54 bits per heavy atom. The second-order valence-electron chi connectivity index (χ2n) is 6.33. The molecular weight excluding hydrogens is 346 g/mol. The molecule has 0 unspecified atom stereocenters. The maximum absolute atomic E-state index is 6.20. The summed E-state index contributed by atoms with van der Waals surface area (Å²) in [6, 6.07) is 13.9. The van der Waals surface area contributed by atoms with Gasteiger partial charge in [0, 0.05) is 17.1 Å². The van der Waals surface area contributed by atoms with Crippen LogP contribution in [0.2, 0.25) is 5.02 Å². The van der Waals surface area contributed by atoms with Gasteiger partial charge in [0.1, 0.15) is 6.61 Å². The summed E-state index contributed by atoms with van der Waals surface area (Å²) in [5.41, 5.74) is 2.17. The smallest absolute Gasteiger partial charge is 0.161 e. The first kappa shape index (κ1) is 20.6. The molecule has 0 bridgehead atoms. The van der Waals surface area contributed by atoms with Gasteiger partial charge in [-0.1, -0.05) is 62.1 Å². The van der Waals surface area contributed by atoms with Gasteiger partial charge in [0.15, 0.2) is 11.5 Å². The Morgan fingerprint density at radius 2 is 1.77 bits per heavy atom. The molecule has 0 amide bonds. The normalized spacial score (nSPS) is 10.7. The lowest BCUT2D eigenvalue weighted by Gasteiger charge is -2.14. The van der Waals surface area contributed by atoms with E-state index in [1.165, 1.54) is 31.2 Å². The van der Waals surface area contributed by atoms with Crippen molar-refractivity contribution in [1.82, 2.24) is 5.32 Å². The van der Waals surface area contributed by atoms with Gasteiger partial charge in [0.25, 0.3) is 0 Å². The van der Waals surface area contributed by atoms with Gasteiger partial charge in [-0.15, -0.1) is 0 Å². The summed E-state index contributed by atoms with van der Waals surface area (Å²) in [5, 5.41) is 4.22. The Kier molecular flexibility index (Phi) is 9.36. The number of hydrogen-bond donors (Lipinski definition) is 1. The van der Waals surface area contributed by atoms with Crippen molar-refractivity contribution in [1.29, 1.82) is 0 Å². The molecular formula is C22H30ClNO2. The third-order valence-electron chi connectivity index (χ3n) is 4.19. The Bertz CT molecular complexity index is 660. The molecule has 0 fully saturated rings. The van der Waals surface area contributed by atoms with Crippen LogP contribution in [0.4, 0.5) is 0 Å². The summed E-state index contributed by atoms with van der Waals surface area (Å²) in [6.45, 7) is 7.14. The fraction of sp³-hybridized carbons (Fsp3) is 0.455.